The molecule has 0 aromatic heterocycles. The highest BCUT2D eigenvalue weighted by Crippen LogP contribution is 2.36. The highest BCUT2D eigenvalue weighted by molar-refractivity contribution is 5.66. The first-order valence-electron chi connectivity index (χ1n) is 7.12. The lowest BCUT2D eigenvalue weighted by molar-refractivity contribution is -0.156. The summed E-state index contributed by atoms with van der Waals surface area (Å²) in [5.74, 6) is 0.405. The van der Waals surface area contributed by atoms with Crippen molar-refractivity contribution in [1.29, 1.82) is 0 Å². The number of esters is 1. The number of ether oxygens (including phenoxy) is 2. The normalized spacial score (nSPS) is 32.9. The Hall–Kier alpha value is -0.610. The number of rotatable bonds is 4. The van der Waals surface area contributed by atoms with Crippen molar-refractivity contribution in [2.45, 2.75) is 51.2 Å². The van der Waals surface area contributed by atoms with Crippen molar-refractivity contribution in [2.75, 3.05) is 26.8 Å². The summed E-state index contributed by atoms with van der Waals surface area (Å²) in [6.07, 6.45) is 6.14. The molecule has 3 atom stereocenters. The Balaban J connectivity index is 1.98. The number of hydrogen-bond donors (Lipinski definition) is 0. The first-order chi connectivity index (χ1) is 8.72. The Morgan fingerprint density at radius 2 is 2.06 bits per heavy atom. The zero-order valence-electron chi connectivity index (χ0n) is 11.6. The summed E-state index contributed by atoms with van der Waals surface area (Å²) in [6.45, 7) is 4.35. The van der Waals surface area contributed by atoms with Crippen LogP contribution in [0.2, 0.25) is 0 Å². The van der Waals surface area contributed by atoms with Gasteiger partial charge in [0.15, 0.2) is 0 Å². The van der Waals surface area contributed by atoms with Crippen molar-refractivity contribution < 1.29 is 14.3 Å². The predicted molar refractivity (Wildman–Crippen MR) is 69.4 cm³/mol. The van der Waals surface area contributed by atoms with Gasteiger partial charge < -0.3 is 9.47 Å². The van der Waals surface area contributed by atoms with Crippen molar-refractivity contribution in [2.24, 2.45) is 5.92 Å². The maximum Gasteiger partial charge on any atom is 0.302 e. The summed E-state index contributed by atoms with van der Waals surface area (Å²) >= 11 is 0. The molecule has 0 aromatic rings. The summed E-state index contributed by atoms with van der Waals surface area (Å²) in [5.41, 5.74) is 0. The second-order valence-electron chi connectivity index (χ2n) is 5.48. The Morgan fingerprint density at radius 3 is 2.78 bits per heavy atom. The van der Waals surface area contributed by atoms with Gasteiger partial charge in [0.05, 0.1) is 6.61 Å². The van der Waals surface area contributed by atoms with E-state index in [1.165, 1.54) is 32.6 Å². The van der Waals surface area contributed by atoms with Crippen molar-refractivity contribution in [3.05, 3.63) is 0 Å². The van der Waals surface area contributed by atoms with Crippen LogP contribution in [0.5, 0.6) is 0 Å². The molecule has 2 aliphatic rings. The maximum atomic E-state index is 11.2. The third-order valence-electron chi connectivity index (χ3n) is 4.33. The van der Waals surface area contributed by atoms with Crippen LogP contribution in [-0.4, -0.2) is 49.8 Å². The van der Waals surface area contributed by atoms with Crippen molar-refractivity contribution in [3.63, 3.8) is 0 Å². The van der Waals surface area contributed by atoms with Crippen LogP contribution in [0.3, 0.4) is 0 Å². The van der Waals surface area contributed by atoms with Crippen molar-refractivity contribution >= 4 is 5.97 Å². The fraction of sp³-hybridized carbons (Fsp3) is 0.929. The molecule has 1 aliphatic carbocycles. The van der Waals surface area contributed by atoms with Gasteiger partial charge in [0.2, 0.25) is 0 Å². The number of methoxy groups -OCH3 is 1. The molecular weight excluding hydrogens is 230 g/mol. The average molecular weight is 255 g/mol. The van der Waals surface area contributed by atoms with Crippen LogP contribution >= 0.6 is 0 Å². The van der Waals surface area contributed by atoms with Gasteiger partial charge in [-0.2, -0.15) is 0 Å². The second kappa shape index (κ2) is 6.53. The van der Waals surface area contributed by atoms with Crippen LogP contribution in [0.15, 0.2) is 0 Å². The van der Waals surface area contributed by atoms with Crippen molar-refractivity contribution in [1.82, 2.24) is 4.90 Å². The third-order valence-corrected chi connectivity index (χ3v) is 4.33. The van der Waals surface area contributed by atoms with E-state index in [4.69, 9.17) is 9.47 Å². The summed E-state index contributed by atoms with van der Waals surface area (Å²) < 4.78 is 10.7. The first-order valence-corrected chi connectivity index (χ1v) is 7.12. The first kappa shape index (κ1) is 13.8. The molecule has 18 heavy (non-hydrogen) atoms. The van der Waals surface area contributed by atoms with Crippen LogP contribution in [-0.2, 0) is 14.3 Å². The van der Waals surface area contributed by atoms with E-state index in [2.05, 4.69) is 4.90 Å². The fourth-order valence-corrected chi connectivity index (χ4v) is 3.55. The Kier molecular flexibility index (Phi) is 5.01. The monoisotopic (exact) mass is 255 g/mol. The van der Waals surface area contributed by atoms with Gasteiger partial charge in [-0.1, -0.05) is 12.8 Å². The van der Waals surface area contributed by atoms with Gasteiger partial charge in [0.1, 0.15) is 6.10 Å². The molecule has 0 N–H and O–H groups in total. The van der Waals surface area contributed by atoms with Crippen LogP contribution in [0.1, 0.15) is 39.0 Å². The molecule has 0 unspecified atom stereocenters. The molecule has 104 valence electrons. The van der Waals surface area contributed by atoms with Gasteiger partial charge in [-0.05, 0) is 19.3 Å². The predicted octanol–water partition coefficient (Wildman–Crippen LogP) is 1.83. The van der Waals surface area contributed by atoms with E-state index >= 15 is 0 Å². The largest absolute Gasteiger partial charge is 0.462 e. The smallest absolute Gasteiger partial charge is 0.302 e. The lowest BCUT2D eigenvalue weighted by Gasteiger charge is -2.47. The number of carbonyl (C=O) groups excluding carboxylic acids is 1. The summed E-state index contributed by atoms with van der Waals surface area (Å²) in [7, 11) is 1.75. The summed E-state index contributed by atoms with van der Waals surface area (Å²) in [4.78, 5) is 13.7. The van der Waals surface area contributed by atoms with E-state index in [9.17, 15) is 4.79 Å². The molecule has 1 heterocycles. The quantitative estimate of drug-likeness (QED) is 0.718. The molecule has 1 aliphatic heterocycles. The number of hydrogen-bond acceptors (Lipinski definition) is 4. The average Bonchev–Trinajstić information content (AvgIpc) is 2.37. The van der Waals surface area contributed by atoms with E-state index in [-0.39, 0.29) is 12.1 Å². The molecule has 0 aromatic carbocycles. The molecule has 0 amide bonds. The summed E-state index contributed by atoms with van der Waals surface area (Å²) in [6, 6.07) is 0.590. The zero-order valence-corrected chi connectivity index (χ0v) is 11.6. The minimum absolute atomic E-state index is 0.130. The minimum Gasteiger partial charge on any atom is -0.462 e. The van der Waals surface area contributed by atoms with Crippen LogP contribution in [0.25, 0.3) is 0 Å². The van der Waals surface area contributed by atoms with E-state index in [0.717, 1.165) is 26.1 Å². The van der Waals surface area contributed by atoms with Gasteiger partial charge in [0.25, 0.3) is 0 Å². The molecule has 0 bridgehead atoms. The molecule has 2 rings (SSSR count). The molecule has 0 spiro atoms. The Labute approximate surface area is 110 Å². The second-order valence-corrected chi connectivity index (χ2v) is 5.48. The highest BCUT2D eigenvalue weighted by Gasteiger charge is 2.40. The SMILES string of the molecule is COCCN1CC[C@H](OC(C)=O)[C@H]2CCCC[C@H]21. The highest BCUT2D eigenvalue weighted by atomic mass is 16.5. The molecule has 1 saturated heterocycles. The number of likely N-dealkylation sites (tertiary alicyclic amines) is 1. The third kappa shape index (κ3) is 3.23. The number of fused-ring (bicyclic) bond motifs is 1. The molecule has 1 saturated carbocycles. The standard InChI is InChI=1S/C14H25NO3/c1-11(16)18-14-7-8-15(9-10-17-2)13-6-4-3-5-12(13)14/h12-14H,3-10H2,1-2H3/t12-,13+,14-/m0/s1. The van der Waals surface area contributed by atoms with E-state index in [1.807, 2.05) is 0 Å². The lowest BCUT2D eigenvalue weighted by Crippen LogP contribution is -2.54. The fourth-order valence-electron chi connectivity index (χ4n) is 3.55. The molecule has 4 nitrogen and oxygen atoms in total. The molecule has 0 radical (unpaired) electrons. The van der Waals surface area contributed by atoms with E-state index < -0.39 is 0 Å². The molecular formula is C14H25NO3. The van der Waals surface area contributed by atoms with Gasteiger partial charge in [0, 0.05) is 39.1 Å². The van der Waals surface area contributed by atoms with Crippen molar-refractivity contribution in [3.8, 4) is 0 Å². The topological polar surface area (TPSA) is 38.8 Å². The summed E-state index contributed by atoms with van der Waals surface area (Å²) in [5, 5.41) is 0. The van der Waals surface area contributed by atoms with E-state index in [0.29, 0.717) is 12.0 Å². The Morgan fingerprint density at radius 1 is 1.28 bits per heavy atom. The molecule has 4 heteroatoms. The minimum atomic E-state index is -0.130. The number of carbonyl (C=O) groups is 1. The number of piperidine rings is 1. The van der Waals surface area contributed by atoms with Gasteiger partial charge >= 0.3 is 5.97 Å². The van der Waals surface area contributed by atoms with Crippen LogP contribution in [0.4, 0.5) is 0 Å². The lowest BCUT2D eigenvalue weighted by atomic mass is 9.76. The van der Waals surface area contributed by atoms with Gasteiger partial charge in [-0.3, -0.25) is 9.69 Å². The van der Waals surface area contributed by atoms with Crippen LogP contribution in [0, 0.1) is 5.92 Å². The Bertz CT molecular complexity index is 282. The number of nitrogens with zero attached hydrogens (tertiary/aromatic N) is 1. The maximum absolute atomic E-state index is 11.2. The zero-order chi connectivity index (χ0) is 13.0. The molecule has 2 fully saturated rings. The van der Waals surface area contributed by atoms with Gasteiger partial charge in [-0.25, -0.2) is 0 Å². The van der Waals surface area contributed by atoms with E-state index in [1.54, 1.807) is 7.11 Å². The van der Waals surface area contributed by atoms with Crippen LogP contribution < -0.4 is 0 Å². The van der Waals surface area contributed by atoms with Gasteiger partial charge in [-0.15, -0.1) is 0 Å².